The van der Waals surface area contributed by atoms with Crippen LogP contribution < -0.4 is 0 Å². The fraction of sp³-hybridized carbons (Fsp3) is 0.385. The number of fused-ring (bicyclic) bond motifs is 1. The van der Waals surface area contributed by atoms with Crippen LogP contribution in [0.25, 0.3) is 11.1 Å². The van der Waals surface area contributed by atoms with Gasteiger partial charge in [-0.05, 0) is 25.0 Å². The summed E-state index contributed by atoms with van der Waals surface area (Å²) in [5.74, 6) is -0.0920. The van der Waals surface area contributed by atoms with Gasteiger partial charge < -0.3 is 9.52 Å². The predicted octanol–water partition coefficient (Wildman–Crippen LogP) is 3.43. The van der Waals surface area contributed by atoms with Crippen molar-refractivity contribution >= 4 is 17.1 Å². The van der Waals surface area contributed by atoms with Crippen molar-refractivity contribution in [3.63, 3.8) is 0 Å². The molecule has 17 heavy (non-hydrogen) atoms. The quantitative estimate of drug-likeness (QED) is 0.878. The Hall–Kier alpha value is -1.84. The average Bonchev–Trinajstić information content (AvgIpc) is 2.73. The van der Waals surface area contributed by atoms with Gasteiger partial charge in [0.2, 0.25) is 0 Å². The Morgan fingerprint density at radius 1 is 1.41 bits per heavy atom. The van der Waals surface area contributed by atoms with Crippen molar-refractivity contribution in [1.82, 2.24) is 4.98 Å². The Labute approximate surface area is 99.3 Å². The SMILES string of the molecule is CCC(CC)c1nc2cccc(C(=O)O)c2o1. The summed E-state index contributed by atoms with van der Waals surface area (Å²) in [4.78, 5) is 15.4. The van der Waals surface area contributed by atoms with E-state index in [0.29, 0.717) is 17.0 Å². The largest absolute Gasteiger partial charge is 0.478 e. The second-order valence-electron chi connectivity index (χ2n) is 4.02. The molecule has 0 spiro atoms. The van der Waals surface area contributed by atoms with E-state index in [2.05, 4.69) is 18.8 Å². The molecule has 0 fully saturated rings. The zero-order valence-electron chi connectivity index (χ0n) is 9.93. The van der Waals surface area contributed by atoms with E-state index in [9.17, 15) is 4.79 Å². The van der Waals surface area contributed by atoms with Crippen molar-refractivity contribution in [1.29, 1.82) is 0 Å². The third-order valence-electron chi connectivity index (χ3n) is 3.00. The highest BCUT2D eigenvalue weighted by Crippen LogP contribution is 2.27. The summed E-state index contributed by atoms with van der Waals surface area (Å²) in [6.45, 7) is 4.14. The number of oxazole rings is 1. The molecule has 0 atom stereocenters. The van der Waals surface area contributed by atoms with Gasteiger partial charge in [0.05, 0.1) is 0 Å². The Balaban J connectivity index is 2.57. The maximum absolute atomic E-state index is 11.0. The van der Waals surface area contributed by atoms with Gasteiger partial charge in [0.25, 0.3) is 0 Å². The molecule has 0 aliphatic carbocycles. The minimum Gasteiger partial charge on any atom is -0.478 e. The number of aromatic nitrogens is 1. The van der Waals surface area contributed by atoms with Crippen molar-refractivity contribution in [2.45, 2.75) is 32.6 Å². The maximum atomic E-state index is 11.0. The lowest BCUT2D eigenvalue weighted by molar-refractivity contribution is 0.0698. The Bertz CT molecular complexity index is 541. The molecule has 90 valence electrons. The Morgan fingerprint density at radius 2 is 2.12 bits per heavy atom. The second-order valence-corrected chi connectivity index (χ2v) is 4.02. The third-order valence-corrected chi connectivity index (χ3v) is 3.00. The van der Waals surface area contributed by atoms with Crippen LogP contribution in [0.2, 0.25) is 0 Å². The van der Waals surface area contributed by atoms with Crippen LogP contribution in [0.15, 0.2) is 22.6 Å². The van der Waals surface area contributed by atoms with Crippen LogP contribution in [0, 0.1) is 0 Å². The summed E-state index contributed by atoms with van der Waals surface area (Å²) in [6, 6.07) is 4.99. The minimum atomic E-state index is -0.983. The predicted molar refractivity (Wildman–Crippen MR) is 64.3 cm³/mol. The molecule has 0 saturated heterocycles. The van der Waals surface area contributed by atoms with Crippen LogP contribution in [0.1, 0.15) is 48.9 Å². The number of nitrogens with zero attached hydrogens (tertiary/aromatic N) is 1. The summed E-state index contributed by atoms with van der Waals surface area (Å²) in [7, 11) is 0. The number of rotatable bonds is 4. The van der Waals surface area contributed by atoms with Crippen molar-refractivity contribution in [3.05, 3.63) is 29.7 Å². The molecule has 1 heterocycles. The summed E-state index contributed by atoms with van der Waals surface area (Å²) in [5, 5.41) is 9.06. The maximum Gasteiger partial charge on any atom is 0.339 e. The first kappa shape index (κ1) is 11.6. The average molecular weight is 233 g/mol. The molecule has 0 aliphatic rings. The molecule has 0 saturated carbocycles. The lowest BCUT2D eigenvalue weighted by Gasteiger charge is -2.05. The van der Waals surface area contributed by atoms with Gasteiger partial charge in [-0.1, -0.05) is 19.9 Å². The van der Waals surface area contributed by atoms with E-state index >= 15 is 0 Å². The first-order valence-corrected chi connectivity index (χ1v) is 5.80. The van der Waals surface area contributed by atoms with Gasteiger partial charge in [-0.3, -0.25) is 0 Å². The number of hydrogen-bond acceptors (Lipinski definition) is 3. The second kappa shape index (κ2) is 4.57. The molecule has 1 aromatic carbocycles. The topological polar surface area (TPSA) is 63.3 Å². The highest BCUT2D eigenvalue weighted by molar-refractivity contribution is 5.99. The lowest BCUT2D eigenvalue weighted by atomic mass is 10.0. The van der Waals surface area contributed by atoms with Crippen LogP contribution in [0.4, 0.5) is 0 Å². The normalized spacial score (nSPS) is 11.2. The van der Waals surface area contributed by atoms with Crippen molar-refractivity contribution in [2.24, 2.45) is 0 Å². The van der Waals surface area contributed by atoms with E-state index in [4.69, 9.17) is 9.52 Å². The first-order chi connectivity index (χ1) is 8.17. The molecular formula is C13H15NO3. The molecule has 0 unspecified atom stereocenters. The van der Waals surface area contributed by atoms with Crippen LogP contribution >= 0.6 is 0 Å². The van der Waals surface area contributed by atoms with Crippen LogP contribution in [-0.2, 0) is 0 Å². The van der Waals surface area contributed by atoms with Crippen LogP contribution in [0.3, 0.4) is 0 Å². The van der Waals surface area contributed by atoms with Gasteiger partial charge in [-0.25, -0.2) is 9.78 Å². The highest BCUT2D eigenvalue weighted by atomic mass is 16.4. The molecular weight excluding hydrogens is 218 g/mol. The molecule has 0 radical (unpaired) electrons. The smallest absolute Gasteiger partial charge is 0.339 e. The number of aromatic carboxylic acids is 1. The molecule has 1 aromatic heterocycles. The fourth-order valence-electron chi connectivity index (χ4n) is 1.95. The van der Waals surface area contributed by atoms with Gasteiger partial charge in [0.1, 0.15) is 11.1 Å². The van der Waals surface area contributed by atoms with Crippen molar-refractivity contribution in [2.75, 3.05) is 0 Å². The number of carbonyl (C=O) groups is 1. The van der Waals surface area contributed by atoms with E-state index in [1.165, 1.54) is 6.07 Å². The number of para-hydroxylation sites is 1. The molecule has 0 bridgehead atoms. The molecule has 4 nitrogen and oxygen atoms in total. The van der Waals surface area contributed by atoms with Crippen molar-refractivity contribution in [3.8, 4) is 0 Å². The Kier molecular flexibility index (Phi) is 3.13. The molecule has 2 rings (SSSR count). The molecule has 2 aromatic rings. The van der Waals surface area contributed by atoms with Gasteiger partial charge in [0, 0.05) is 5.92 Å². The fourth-order valence-corrected chi connectivity index (χ4v) is 1.95. The number of carboxylic acids is 1. The van der Waals surface area contributed by atoms with E-state index < -0.39 is 5.97 Å². The Morgan fingerprint density at radius 3 is 2.71 bits per heavy atom. The third kappa shape index (κ3) is 2.02. The van der Waals surface area contributed by atoms with Crippen LogP contribution in [-0.4, -0.2) is 16.1 Å². The standard InChI is InChI=1S/C13H15NO3/c1-3-8(4-2)12-14-10-7-5-6-9(13(15)16)11(10)17-12/h5-8H,3-4H2,1-2H3,(H,15,16). The molecule has 0 amide bonds. The summed E-state index contributed by atoms with van der Waals surface area (Å²) in [5.41, 5.74) is 1.17. The first-order valence-electron chi connectivity index (χ1n) is 5.80. The number of hydrogen-bond donors (Lipinski definition) is 1. The number of benzene rings is 1. The molecule has 1 N–H and O–H groups in total. The minimum absolute atomic E-state index is 0.173. The number of carboxylic acid groups (broad SMARTS) is 1. The summed E-state index contributed by atoms with van der Waals surface area (Å²) in [6.07, 6.45) is 1.87. The van der Waals surface area contributed by atoms with Crippen molar-refractivity contribution < 1.29 is 14.3 Å². The van der Waals surface area contributed by atoms with Crippen LogP contribution in [0.5, 0.6) is 0 Å². The summed E-state index contributed by atoms with van der Waals surface area (Å²) >= 11 is 0. The van der Waals surface area contributed by atoms with Gasteiger partial charge in [-0.15, -0.1) is 0 Å². The highest BCUT2D eigenvalue weighted by Gasteiger charge is 2.18. The zero-order chi connectivity index (χ0) is 12.4. The van der Waals surface area contributed by atoms with E-state index in [1.807, 2.05) is 0 Å². The lowest BCUT2D eigenvalue weighted by Crippen LogP contribution is -1.95. The van der Waals surface area contributed by atoms with E-state index in [0.717, 1.165) is 12.8 Å². The van der Waals surface area contributed by atoms with E-state index in [-0.39, 0.29) is 11.5 Å². The molecule has 0 aliphatic heterocycles. The van der Waals surface area contributed by atoms with Gasteiger partial charge in [-0.2, -0.15) is 0 Å². The van der Waals surface area contributed by atoms with E-state index in [1.54, 1.807) is 12.1 Å². The van der Waals surface area contributed by atoms with Gasteiger partial charge >= 0.3 is 5.97 Å². The monoisotopic (exact) mass is 233 g/mol. The summed E-state index contributed by atoms with van der Waals surface area (Å²) < 4.78 is 5.61. The zero-order valence-corrected chi connectivity index (χ0v) is 9.93. The van der Waals surface area contributed by atoms with Gasteiger partial charge in [0.15, 0.2) is 11.5 Å². The molecule has 4 heteroatoms.